The van der Waals surface area contributed by atoms with E-state index in [9.17, 15) is 0 Å². The molecule has 1 heterocycles. The molecule has 1 aliphatic rings. The van der Waals surface area contributed by atoms with E-state index in [0.717, 1.165) is 24.3 Å². The molecule has 3 rings (SSSR count). The van der Waals surface area contributed by atoms with Crippen LogP contribution in [0.5, 0.6) is 0 Å². The van der Waals surface area contributed by atoms with Crippen molar-refractivity contribution in [3.05, 3.63) is 41.4 Å². The first-order valence-electron chi connectivity index (χ1n) is 7.87. The Bertz CT molecular complexity index is 548. The van der Waals surface area contributed by atoms with Gasteiger partial charge in [0, 0.05) is 35.9 Å². The first-order chi connectivity index (χ1) is 10.4. The van der Waals surface area contributed by atoms with Crippen LogP contribution in [-0.2, 0) is 6.54 Å². The first kappa shape index (κ1) is 14.5. The molecule has 112 valence electrons. The smallest absolute Gasteiger partial charge is 0.190 e. The van der Waals surface area contributed by atoms with Gasteiger partial charge in [-0.1, -0.05) is 31.5 Å². The lowest BCUT2D eigenvalue weighted by Crippen LogP contribution is -2.17. The number of thiazole rings is 1. The quantitative estimate of drug-likeness (QED) is 0.786. The average Bonchev–Trinajstić information content (AvgIpc) is 3.25. The van der Waals surface area contributed by atoms with Crippen LogP contribution in [-0.4, -0.2) is 17.6 Å². The van der Waals surface area contributed by atoms with E-state index in [0.29, 0.717) is 0 Å². The molecule has 1 saturated carbocycles. The summed E-state index contributed by atoms with van der Waals surface area (Å²) in [7, 11) is 0. The molecule has 1 N–H and O–H groups in total. The molecule has 1 fully saturated rings. The zero-order chi connectivity index (χ0) is 14.5. The Kier molecular flexibility index (Phi) is 4.88. The van der Waals surface area contributed by atoms with E-state index in [1.165, 1.54) is 36.2 Å². The summed E-state index contributed by atoms with van der Waals surface area (Å²) in [6, 6.07) is 11.3. The predicted molar refractivity (Wildman–Crippen MR) is 90.3 cm³/mol. The molecule has 0 saturated heterocycles. The maximum atomic E-state index is 4.65. The van der Waals surface area contributed by atoms with Crippen molar-refractivity contribution in [1.82, 2.24) is 10.3 Å². The van der Waals surface area contributed by atoms with Gasteiger partial charge in [-0.2, -0.15) is 0 Å². The van der Waals surface area contributed by atoms with Gasteiger partial charge in [0.05, 0.1) is 0 Å². The van der Waals surface area contributed by atoms with Gasteiger partial charge in [0.1, 0.15) is 0 Å². The maximum Gasteiger partial charge on any atom is 0.190 e. The summed E-state index contributed by atoms with van der Waals surface area (Å²) >= 11 is 1.81. The molecule has 3 nitrogen and oxygen atoms in total. The molecule has 0 spiro atoms. The van der Waals surface area contributed by atoms with Crippen molar-refractivity contribution in [2.45, 2.75) is 45.2 Å². The molecular formula is C17H23N3S. The molecule has 21 heavy (non-hydrogen) atoms. The topological polar surface area (TPSA) is 28.2 Å². The Hall–Kier alpha value is -1.39. The second-order valence-corrected chi connectivity index (χ2v) is 6.70. The Morgan fingerprint density at radius 3 is 2.81 bits per heavy atom. The molecule has 0 amide bonds. The fraction of sp³-hybridized carbons (Fsp3) is 0.471. The van der Waals surface area contributed by atoms with Crippen LogP contribution in [0.15, 0.2) is 36.5 Å². The van der Waals surface area contributed by atoms with Gasteiger partial charge < -0.3 is 10.2 Å². The van der Waals surface area contributed by atoms with E-state index < -0.39 is 0 Å². The van der Waals surface area contributed by atoms with Crippen LogP contribution in [0.2, 0.25) is 0 Å². The lowest BCUT2D eigenvalue weighted by atomic mass is 10.2. The highest BCUT2D eigenvalue weighted by Crippen LogP contribution is 2.30. The van der Waals surface area contributed by atoms with Crippen molar-refractivity contribution in [1.29, 1.82) is 0 Å². The molecule has 0 unspecified atom stereocenters. The summed E-state index contributed by atoms with van der Waals surface area (Å²) in [6.07, 6.45) is 7.07. The second kappa shape index (κ2) is 7.05. The van der Waals surface area contributed by atoms with Gasteiger partial charge in [-0.05, 0) is 31.4 Å². The largest absolute Gasteiger partial charge is 0.318 e. The first-order valence-corrected chi connectivity index (χ1v) is 8.69. The van der Waals surface area contributed by atoms with E-state index in [-0.39, 0.29) is 0 Å². The van der Waals surface area contributed by atoms with Crippen molar-refractivity contribution in [3.8, 4) is 0 Å². The van der Waals surface area contributed by atoms with Gasteiger partial charge in [-0.25, -0.2) is 4.98 Å². The molecule has 1 aromatic carbocycles. The van der Waals surface area contributed by atoms with Gasteiger partial charge in [0.25, 0.3) is 0 Å². The monoisotopic (exact) mass is 301 g/mol. The van der Waals surface area contributed by atoms with Crippen molar-refractivity contribution in [2.75, 3.05) is 11.4 Å². The molecule has 1 aromatic heterocycles. The summed E-state index contributed by atoms with van der Waals surface area (Å²) in [5.41, 5.74) is 1.24. The number of aromatic nitrogens is 1. The number of anilines is 2. The second-order valence-electron chi connectivity index (χ2n) is 5.61. The number of nitrogens with zero attached hydrogens (tertiary/aromatic N) is 2. The Morgan fingerprint density at radius 1 is 1.29 bits per heavy atom. The number of nitrogens with one attached hydrogen (secondary N) is 1. The highest BCUT2D eigenvalue weighted by molar-refractivity contribution is 7.15. The molecular weight excluding hydrogens is 278 g/mol. The predicted octanol–water partition coefficient (Wildman–Crippen LogP) is 4.33. The summed E-state index contributed by atoms with van der Waals surface area (Å²) < 4.78 is 0. The molecule has 0 bridgehead atoms. The summed E-state index contributed by atoms with van der Waals surface area (Å²) in [4.78, 5) is 8.32. The SMILES string of the molecule is CCCCN(c1ccccc1)c1ncc(CNC2CC2)s1. The minimum Gasteiger partial charge on any atom is -0.318 e. The standard InChI is InChI=1S/C17H23N3S/c1-2-3-11-20(15-7-5-4-6-8-15)17-19-13-16(21-17)12-18-14-9-10-14/h4-8,13-14,18H,2-3,9-12H2,1H3. The zero-order valence-electron chi connectivity index (χ0n) is 12.6. The van der Waals surface area contributed by atoms with Crippen LogP contribution in [0.3, 0.4) is 0 Å². The van der Waals surface area contributed by atoms with E-state index in [1.54, 1.807) is 0 Å². The van der Waals surface area contributed by atoms with Crippen molar-refractivity contribution >= 4 is 22.2 Å². The Balaban J connectivity index is 1.72. The molecule has 2 aromatic rings. The number of hydrogen-bond donors (Lipinski definition) is 1. The third kappa shape index (κ3) is 4.05. The Morgan fingerprint density at radius 2 is 2.10 bits per heavy atom. The van der Waals surface area contributed by atoms with Crippen LogP contribution in [0, 0.1) is 0 Å². The molecule has 1 aliphatic carbocycles. The third-order valence-electron chi connectivity index (χ3n) is 3.72. The van der Waals surface area contributed by atoms with Crippen LogP contribution in [0.1, 0.15) is 37.5 Å². The number of benzene rings is 1. The van der Waals surface area contributed by atoms with Gasteiger partial charge in [-0.3, -0.25) is 0 Å². The van der Waals surface area contributed by atoms with E-state index in [1.807, 2.05) is 17.5 Å². The lowest BCUT2D eigenvalue weighted by molar-refractivity contribution is 0.694. The minimum absolute atomic E-state index is 0.751. The van der Waals surface area contributed by atoms with E-state index >= 15 is 0 Å². The molecule has 4 heteroatoms. The fourth-order valence-corrected chi connectivity index (χ4v) is 3.20. The van der Waals surface area contributed by atoms with Gasteiger partial charge in [0.15, 0.2) is 5.13 Å². The minimum atomic E-state index is 0.751. The van der Waals surface area contributed by atoms with E-state index in [2.05, 4.69) is 52.5 Å². The number of rotatable bonds is 8. The number of hydrogen-bond acceptors (Lipinski definition) is 4. The zero-order valence-corrected chi connectivity index (χ0v) is 13.4. The highest BCUT2D eigenvalue weighted by Gasteiger charge is 2.20. The van der Waals surface area contributed by atoms with Crippen molar-refractivity contribution < 1.29 is 0 Å². The summed E-state index contributed by atoms with van der Waals surface area (Å²) in [6.45, 7) is 4.22. The third-order valence-corrected chi connectivity index (χ3v) is 4.74. The Labute approximate surface area is 131 Å². The highest BCUT2D eigenvalue weighted by atomic mass is 32.1. The number of para-hydroxylation sites is 1. The van der Waals surface area contributed by atoms with Crippen LogP contribution < -0.4 is 10.2 Å². The fourth-order valence-electron chi connectivity index (χ4n) is 2.30. The average molecular weight is 301 g/mol. The van der Waals surface area contributed by atoms with Crippen LogP contribution >= 0.6 is 11.3 Å². The van der Waals surface area contributed by atoms with E-state index in [4.69, 9.17) is 0 Å². The van der Waals surface area contributed by atoms with Gasteiger partial charge in [-0.15, -0.1) is 11.3 Å². The molecule has 0 aliphatic heterocycles. The lowest BCUT2D eigenvalue weighted by Gasteiger charge is -2.21. The van der Waals surface area contributed by atoms with Crippen molar-refractivity contribution in [3.63, 3.8) is 0 Å². The molecule has 0 radical (unpaired) electrons. The van der Waals surface area contributed by atoms with Gasteiger partial charge in [0.2, 0.25) is 0 Å². The van der Waals surface area contributed by atoms with Gasteiger partial charge >= 0.3 is 0 Å². The normalized spacial score (nSPS) is 14.3. The molecule has 0 atom stereocenters. The summed E-state index contributed by atoms with van der Waals surface area (Å²) in [5, 5.41) is 4.67. The van der Waals surface area contributed by atoms with Crippen LogP contribution in [0.4, 0.5) is 10.8 Å². The van der Waals surface area contributed by atoms with Crippen LogP contribution in [0.25, 0.3) is 0 Å². The van der Waals surface area contributed by atoms with Crippen molar-refractivity contribution in [2.24, 2.45) is 0 Å². The summed E-state index contributed by atoms with van der Waals surface area (Å²) in [5.74, 6) is 0. The maximum absolute atomic E-state index is 4.65. The number of unbranched alkanes of at least 4 members (excludes halogenated alkanes) is 1.